The summed E-state index contributed by atoms with van der Waals surface area (Å²) in [4.78, 5) is 13.0. The Morgan fingerprint density at radius 1 is 1.13 bits per heavy atom. The van der Waals surface area contributed by atoms with Crippen molar-refractivity contribution in [3.8, 4) is 5.75 Å². The lowest BCUT2D eigenvalue weighted by atomic mass is 10.0. The van der Waals surface area contributed by atoms with E-state index in [1.54, 1.807) is 0 Å². The normalized spacial score (nSPS) is 11.7. The molecule has 1 N–H and O–H groups in total. The quantitative estimate of drug-likeness (QED) is 0.741. The fourth-order valence-electron chi connectivity index (χ4n) is 2.17. The highest BCUT2D eigenvalue weighted by molar-refractivity contribution is 8.00. The van der Waals surface area contributed by atoms with Gasteiger partial charge in [-0.1, -0.05) is 37.3 Å². The van der Waals surface area contributed by atoms with Crippen LogP contribution in [0.3, 0.4) is 0 Å². The van der Waals surface area contributed by atoms with Crippen molar-refractivity contribution < 1.29 is 9.53 Å². The molecule has 0 bridgehead atoms. The van der Waals surface area contributed by atoms with Crippen molar-refractivity contribution in [2.45, 2.75) is 24.7 Å². The molecular formula is C19H23NO2S. The summed E-state index contributed by atoms with van der Waals surface area (Å²) in [5.41, 5.74) is 1.24. The highest BCUT2D eigenvalue weighted by Crippen LogP contribution is 2.21. The standard InChI is InChI=1S/C19H23NO2S/c1-3-22-17-9-11-18(12-10-17)23-14-19(21)20-13-15(2)16-7-5-4-6-8-16/h4-12,15H,3,13-14H2,1-2H3,(H,20,21)/t15-/m1/s1. The molecular weight excluding hydrogens is 306 g/mol. The molecule has 122 valence electrons. The van der Waals surface area contributed by atoms with Gasteiger partial charge in [0.25, 0.3) is 0 Å². The van der Waals surface area contributed by atoms with Crippen LogP contribution < -0.4 is 10.1 Å². The first kappa shape index (κ1) is 17.4. The molecule has 0 aliphatic heterocycles. The first-order chi connectivity index (χ1) is 11.2. The van der Waals surface area contributed by atoms with E-state index in [-0.39, 0.29) is 5.91 Å². The Hall–Kier alpha value is -1.94. The molecule has 4 heteroatoms. The first-order valence-electron chi connectivity index (χ1n) is 7.86. The topological polar surface area (TPSA) is 38.3 Å². The number of rotatable bonds is 8. The molecule has 3 nitrogen and oxygen atoms in total. The SMILES string of the molecule is CCOc1ccc(SCC(=O)NC[C@@H](C)c2ccccc2)cc1. The van der Waals surface area contributed by atoms with Crippen LogP contribution in [0.2, 0.25) is 0 Å². The maximum atomic E-state index is 12.0. The van der Waals surface area contributed by atoms with E-state index in [2.05, 4.69) is 24.4 Å². The first-order valence-corrected chi connectivity index (χ1v) is 8.85. The van der Waals surface area contributed by atoms with Gasteiger partial charge in [0.15, 0.2) is 0 Å². The van der Waals surface area contributed by atoms with Crippen LogP contribution in [0.5, 0.6) is 5.75 Å². The van der Waals surface area contributed by atoms with Crippen LogP contribution in [0, 0.1) is 0 Å². The lowest BCUT2D eigenvalue weighted by molar-refractivity contribution is -0.118. The number of hydrogen-bond acceptors (Lipinski definition) is 3. The van der Waals surface area contributed by atoms with E-state index in [4.69, 9.17) is 4.74 Å². The monoisotopic (exact) mass is 329 g/mol. The largest absolute Gasteiger partial charge is 0.494 e. The summed E-state index contributed by atoms with van der Waals surface area (Å²) in [5, 5.41) is 3.00. The number of carbonyl (C=O) groups excluding carboxylic acids is 1. The van der Waals surface area contributed by atoms with Crippen molar-refractivity contribution >= 4 is 17.7 Å². The molecule has 0 heterocycles. The minimum Gasteiger partial charge on any atom is -0.494 e. The van der Waals surface area contributed by atoms with Crippen LogP contribution in [-0.2, 0) is 4.79 Å². The summed E-state index contributed by atoms with van der Waals surface area (Å²) in [7, 11) is 0. The number of benzene rings is 2. The van der Waals surface area contributed by atoms with E-state index >= 15 is 0 Å². The van der Waals surface area contributed by atoms with E-state index in [0.29, 0.717) is 24.8 Å². The predicted molar refractivity (Wildman–Crippen MR) is 96.2 cm³/mol. The third kappa shape index (κ3) is 5.99. The van der Waals surface area contributed by atoms with E-state index in [1.165, 1.54) is 17.3 Å². The molecule has 0 fully saturated rings. The Kier molecular flexibility index (Phi) is 7.01. The highest BCUT2D eigenvalue weighted by atomic mass is 32.2. The van der Waals surface area contributed by atoms with Gasteiger partial charge in [-0.2, -0.15) is 0 Å². The van der Waals surface area contributed by atoms with Gasteiger partial charge in [0, 0.05) is 11.4 Å². The predicted octanol–water partition coefficient (Wildman–Crippen LogP) is 4.10. The van der Waals surface area contributed by atoms with E-state index < -0.39 is 0 Å². The summed E-state index contributed by atoms with van der Waals surface area (Å²) >= 11 is 1.54. The third-order valence-corrected chi connectivity index (χ3v) is 4.49. The molecule has 1 amide bonds. The maximum absolute atomic E-state index is 12.0. The van der Waals surface area contributed by atoms with Crippen molar-refractivity contribution in [1.29, 1.82) is 0 Å². The summed E-state index contributed by atoms with van der Waals surface area (Å²) in [6, 6.07) is 18.1. The van der Waals surface area contributed by atoms with Crippen molar-refractivity contribution in [3.63, 3.8) is 0 Å². The van der Waals surface area contributed by atoms with E-state index in [1.807, 2.05) is 49.4 Å². The zero-order valence-corrected chi connectivity index (χ0v) is 14.4. The number of ether oxygens (including phenoxy) is 1. The minimum absolute atomic E-state index is 0.0617. The second kappa shape index (κ2) is 9.26. The maximum Gasteiger partial charge on any atom is 0.230 e. The summed E-state index contributed by atoms with van der Waals surface area (Å²) in [6.45, 7) is 5.40. The van der Waals surface area contributed by atoms with Gasteiger partial charge >= 0.3 is 0 Å². The molecule has 0 saturated carbocycles. The lowest BCUT2D eigenvalue weighted by Crippen LogP contribution is -2.28. The Morgan fingerprint density at radius 3 is 2.48 bits per heavy atom. The molecule has 1 atom stereocenters. The van der Waals surface area contributed by atoms with Gasteiger partial charge in [-0.25, -0.2) is 0 Å². The second-order valence-electron chi connectivity index (χ2n) is 5.31. The molecule has 0 aliphatic rings. The number of hydrogen-bond donors (Lipinski definition) is 1. The highest BCUT2D eigenvalue weighted by Gasteiger charge is 2.08. The van der Waals surface area contributed by atoms with Crippen LogP contribution in [0.4, 0.5) is 0 Å². The number of nitrogens with one attached hydrogen (secondary N) is 1. The van der Waals surface area contributed by atoms with Crippen LogP contribution in [0.1, 0.15) is 25.3 Å². The third-order valence-electron chi connectivity index (χ3n) is 3.48. The van der Waals surface area contributed by atoms with Crippen LogP contribution >= 0.6 is 11.8 Å². The molecule has 0 spiro atoms. The summed E-state index contributed by atoms with van der Waals surface area (Å²) < 4.78 is 5.40. The average molecular weight is 329 g/mol. The zero-order chi connectivity index (χ0) is 16.5. The molecule has 0 aliphatic carbocycles. The molecule has 0 unspecified atom stereocenters. The fourth-order valence-corrected chi connectivity index (χ4v) is 2.89. The smallest absolute Gasteiger partial charge is 0.230 e. The number of carbonyl (C=O) groups is 1. The van der Waals surface area contributed by atoms with Gasteiger partial charge in [-0.15, -0.1) is 11.8 Å². The van der Waals surface area contributed by atoms with E-state index in [9.17, 15) is 4.79 Å². The molecule has 0 radical (unpaired) electrons. The van der Waals surface area contributed by atoms with Gasteiger partial charge in [0.1, 0.15) is 5.75 Å². The van der Waals surface area contributed by atoms with Gasteiger partial charge in [-0.05, 0) is 42.7 Å². The molecule has 0 saturated heterocycles. The Bertz CT molecular complexity index is 599. The molecule has 2 aromatic rings. The summed E-state index contributed by atoms with van der Waals surface area (Å²) in [5.74, 6) is 1.66. The second-order valence-corrected chi connectivity index (χ2v) is 6.36. The van der Waals surface area contributed by atoms with E-state index in [0.717, 1.165) is 10.6 Å². The number of thioether (sulfide) groups is 1. The Labute approximate surface area is 142 Å². The minimum atomic E-state index is 0.0617. The molecule has 2 aromatic carbocycles. The van der Waals surface area contributed by atoms with Crippen LogP contribution in [-0.4, -0.2) is 24.8 Å². The van der Waals surface area contributed by atoms with Crippen molar-refractivity contribution in [2.75, 3.05) is 18.9 Å². The van der Waals surface area contributed by atoms with Crippen molar-refractivity contribution in [2.24, 2.45) is 0 Å². The number of amides is 1. The van der Waals surface area contributed by atoms with Crippen molar-refractivity contribution in [3.05, 3.63) is 60.2 Å². The molecule has 23 heavy (non-hydrogen) atoms. The van der Waals surface area contributed by atoms with Crippen LogP contribution in [0.25, 0.3) is 0 Å². The van der Waals surface area contributed by atoms with Gasteiger partial charge < -0.3 is 10.1 Å². The van der Waals surface area contributed by atoms with Crippen molar-refractivity contribution in [1.82, 2.24) is 5.32 Å². The fraction of sp³-hybridized carbons (Fsp3) is 0.316. The average Bonchev–Trinajstić information content (AvgIpc) is 2.60. The van der Waals surface area contributed by atoms with Gasteiger partial charge in [0.2, 0.25) is 5.91 Å². The lowest BCUT2D eigenvalue weighted by Gasteiger charge is -2.13. The zero-order valence-electron chi connectivity index (χ0n) is 13.6. The molecule has 0 aromatic heterocycles. The molecule has 2 rings (SSSR count). The van der Waals surface area contributed by atoms with Crippen LogP contribution in [0.15, 0.2) is 59.5 Å². The Morgan fingerprint density at radius 2 is 1.83 bits per heavy atom. The van der Waals surface area contributed by atoms with Gasteiger partial charge in [-0.3, -0.25) is 4.79 Å². The summed E-state index contributed by atoms with van der Waals surface area (Å²) in [6.07, 6.45) is 0. The Balaban J connectivity index is 1.72. The van der Waals surface area contributed by atoms with Gasteiger partial charge in [0.05, 0.1) is 12.4 Å².